The van der Waals surface area contributed by atoms with Crippen LogP contribution in [0.3, 0.4) is 0 Å². The second kappa shape index (κ2) is 6.01. The minimum absolute atomic E-state index is 0.683. The fourth-order valence-electron chi connectivity index (χ4n) is 2.97. The van der Waals surface area contributed by atoms with E-state index in [1.807, 2.05) is 0 Å². The first-order valence-corrected chi connectivity index (χ1v) is 7.44. The lowest BCUT2D eigenvalue weighted by Gasteiger charge is -2.35. The topological polar surface area (TPSA) is 12.0 Å². The molecule has 1 aliphatic rings. The Morgan fingerprint density at radius 1 is 1.24 bits per heavy atom. The van der Waals surface area contributed by atoms with Crippen LogP contribution in [0, 0.1) is 11.8 Å². The van der Waals surface area contributed by atoms with Gasteiger partial charge in [-0.3, -0.25) is 0 Å². The Bertz CT molecular complexity index is 354. The molecule has 0 saturated heterocycles. The van der Waals surface area contributed by atoms with Crippen LogP contribution in [0.1, 0.15) is 38.7 Å². The molecule has 94 valence electrons. The number of halogens is 1. The van der Waals surface area contributed by atoms with Crippen molar-refractivity contribution in [3.05, 3.63) is 34.3 Å². The monoisotopic (exact) mass is 295 g/mol. The van der Waals surface area contributed by atoms with E-state index in [1.54, 1.807) is 0 Å². The zero-order valence-corrected chi connectivity index (χ0v) is 12.3. The van der Waals surface area contributed by atoms with Crippen LogP contribution >= 0.6 is 15.9 Å². The number of hydrogen-bond donors (Lipinski definition) is 1. The first-order chi connectivity index (χ1) is 8.16. The van der Waals surface area contributed by atoms with E-state index in [2.05, 4.69) is 59.4 Å². The summed E-state index contributed by atoms with van der Waals surface area (Å²) in [5, 5.41) is 3.74. The standard InChI is InChI=1S/C15H22BrN/c1-11-5-3-6-12(2)15(11)17-10-13-7-4-8-14(16)9-13/h4,7-9,11-12,15,17H,3,5-6,10H2,1-2H3. The molecule has 0 heterocycles. The van der Waals surface area contributed by atoms with E-state index >= 15 is 0 Å². The number of rotatable bonds is 3. The Morgan fingerprint density at radius 2 is 1.94 bits per heavy atom. The fourth-order valence-corrected chi connectivity index (χ4v) is 3.41. The van der Waals surface area contributed by atoms with Crippen molar-refractivity contribution in [1.82, 2.24) is 5.32 Å². The molecule has 1 fully saturated rings. The Balaban J connectivity index is 1.92. The average molecular weight is 296 g/mol. The lowest BCUT2D eigenvalue weighted by atomic mass is 9.78. The maximum absolute atomic E-state index is 3.74. The van der Waals surface area contributed by atoms with Crippen molar-refractivity contribution in [2.24, 2.45) is 11.8 Å². The summed E-state index contributed by atoms with van der Waals surface area (Å²) in [6, 6.07) is 9.26. The first kappa shape index (κ1) is 13.1. The van der Waals surface area contributed by atoms with E-state index in [4.69, 9.17) is 0 Å². The average Bonchev–Trinajstić information content (AvgIpc) is 2.28. The molecule has 1 saturated carbocycles. The maximum atomic E-state index is 3.74. The highest BCUT2D eigenvalue weighted by Gasteiger charge is 2.26. The second-order valence-electron chi connectivity index (χ2n) is 5.42. The molecule has 0 aliphatic heterocycles. The van der Waals surface area contributed by atoms with Gasteiger partial charge in [0.15, 0.2) is 0 Å². The fraction of sp³-hybridized carbons (Fsp3) is 0.600. The van der Waals surface area contributed by atoms with Gasteiger partial charge in [0.1, 0.15) is 0 Å². The highest BCUT2D eigenvalue weighted by Crippen LogP contribution is 2.29. The molecule has 2 atom stereocenters. The van der Waals surface area contributed by atoms with Crippen LogP contribution in [0.4, 0.5) is 0 Å². The molecule has 0 spiro atoms. The summed E-state index contributed by atoms with van der Waals surface area (Å²) >= 11 is 3.52. The summed E-state index contributed by atoms with van der Waals surface area (Å²) < 4.78 is 1.17. The number of benzene rings is 1. The van der Waals surface area contributed by atoms with Gasteiger partial charge in [-0.1, -0.05) is 48.3 Å². The van der Waals surface area contributed by atoms with Gasteiger partial charge in [-0.25, -0.2) is 0 Å². The van der Waals surface area contributed by atoms with E-state index in [-0.39, 0.29) is 0 Å². The quantitative estimate of drug-likeness (QED) is 0.873. The van der Waals surface area contributed by atoms with Gasteiger partial charge in [0.25, 0.3) is 0 Å². The van der Waals surface area contributed by atoms with Crippen LogP contribution < -0.4 is 5.32 Å². The second-order valence-corrected chi connectivity index (χ2v) is 6.34. The zero-order valence-electron chi connectivity index (χ0n) is 10.7. The molecular formula is C15H22BrN. The van der Waals surface area contributed by atoms with Gasteiger partial charge in [-0.05, 0) is 42.4 Å². The van der Waals surface area contributed by atoms with E-state index in [0.29, 0.717) is 6.04 Å². The zero-order chi connectivity index (χ0) is 12.3. The molecule has 1 aromatic carbocycles. The van der Waals surface area contributed by atoms with Gasteiger partial charge in [0.05, 0.1) is 0 Å². The minimum atomic E-state index is 0.683. The van der Waals surface area contributed by atoms with E-state index in [0.717, 1.165) is 18.4 Å². The Labute approximate surface area is 113 Å². The van der Waals surface area contributed by atoms with Crippen molar-refractivity contribution >= 4 is 15.9 Å². The number of nitrogens with one attached hydrogen (secondary N) is 1. The molecule has 1 aromatic rings. The van der Waals surface area contributed by atoms with Crippen molar-refractivity contribution in [1.29, 1.82) is 0 Å². The molecule has 1 aliphatic carbocycles. The first-order valence-electron chi connectivity index (χ1n) is 6.64. The summed E-state index contributed by atoms with van der Waals surface area (Å²) in [7, 11) is 0. The van der Waals surface area contributed by atoms with Gasteiger partial charge in [0, 0.05) is 17.1 Å². The smallest absolute Gasteiger partial charge is 0.0208 e. The molecule has 2 rings (SSSR count). The van der Waals surface area contributed by atoms with Crippen molar-refractivity contribution in [3.8, 4) is 0 Å². The highest BCUT2D eigenvalue weighted by atomic mass is 79.9. The van der Waals surface area contributed by atoms with Crippen molar-refractivity contribution < 1.29 is 0 Å². The minimum Gasteiger partial charge on any atom is -0.309 e. The maximum Gasteiger partial charge on any atom is 0.0208 e. The Hall–Kier alpha value is -0.340. The van der Waals surface area contributed by atoms with Crippen LogP contribution in [0.15, 0.2) is 28.7 Å². The van der Waals surface area contributed by atoms with Crippen LogP contribution in [-0.2, 0) is 6.54 Å². The molecule has 2 heteroatoms. The van der Waals surface area contributed by atoms with Crippen LogP contribution in [0.2, 0.25) is 0 Å². The summed E-state index contributed by atoms with van der Waals surface area (Å²) in [6.07, 6.45) is 4.15. The van der Waals surface area contributed by atoms with Gasteiger partial charge in [0.2, 0.25) is 0 Å². The largest absolute Gasteiger partial charge is 0.309 e. The van der Waals surface area contributed by atoms with Gasteiger partial charge in [-0.2, -0.15) is 0 Å². The Morgan fingerprint density at radius 3 is 2.59 bits per heavy atom. The molecule has 0 aromatic heterocycles. The molecule has 1 nitrogen and oxygen atoms in total. The van der Waals surface area contributed by atoms with Crippen LogP contribution in [0.25, 0.3) is 0 Å². The molecule has 0 radical (unpaired) electrons. The summed E-state index contributed by atoms with van der Waals surface area (Å²) in [5.41, 5.74) is 1.37. The van der Waals surface area contributed by atoms with E-state index in [9.17, 15) is 0 Å². The summed E-state index contributed by atoms with van der Waals surface area (Å²) in [6.45, 7) is 5.75. The molecule has 2 unspecified atom stereocenters. The molecule has 1 N–H and O–H groups in total. The van der Waals surface area contributed by atoms with Gasteiger partial charge < -0.3 is 5.32 Å². The van der Waals surface area contributed by atoms with Crippen LogP contribution in [0.5, 0.6) is 0 Å². The predicted molar refractivity (Wildman–Crippen MR) is 76.9 cm³/mol. The summed E-state index contributed by atoms with van der Waals surface area (Å²) in [5.74, 6) is 1.62. The van der Waals surface area contributed by atoms with Crippen LogP contribution in [-0.4, -0.2) is 6.04 Å². The normalized spacial score (nSPS) is 29.2. The third-order valence-electron chi connectivity index (χ3n) is 3.98. The van der Waals surface area contributed by atoms with Crippen molar-refractivity contribution in [3.63, 3.8) is 0 Å². The van der Waals surface area contributed by atoms with Crippen molar-refractivity contribution in [2.45, 2.75) is 45.7 Å². The molecular weight excluding hydrogens is 274 g/mol. The highest BCUT2D eigenvalue weighted by molar-refractivity contribution is 9.10. The van der Waals surface area contributed by atoms with Gasteiger partial charge >= 0.3 is 0 Å². The van der Waals surface area contributed by atoms with E-state index < -0.39 is 0 Å². The lowest BCUT2D eigenvalue weighted by Crippen LogP contribution is -2.42. The third-order valence-corrected chi connectivity index (χ3v) is 4.47. The molecule has 17 heavy (non-hydrogen) atoms. The number of hydrogen-bond acceptors (Lipinski definition) is 1. The molecule has 0 amide bonds. The van der Waals surface area contributed by atoms with Gasteiger partial charge in [-0.15, -0.1) is 0 Å². The summed E-state index contributed by atoms with van der Waals surface area (Å²) in [4.78, 5) is 0. The third kappa shape index (κ3) is 3.56. The SMILES string of the molecule is CC1CCCC(C)C1NCc1cccc(Br)c1. The lowest BCUT2D eigenvalue weighted by molar-refractivity contribution is 0.207. The van der Waals surface area contributed by atoms with Crippen molar-refractivity contribution in [2.75, 3.05) is 0 Å². The van der Waals surface area contributed by atoms with E-state index in [1.165, 1.54) is 29.3 Å². The molecule has 0 bridgehead atoms. The predicted octanol–water partition coefficient (Wildman–Crippen LogP) is 4.36. The Kier molecular flexibility index (Phi) is 4.63.